The number of thiocarbonyl (C=S) groups is 1. The molecule has 0 atom stereocenters. The van der Waals surface area contributed by atoms with Crippen LogP contribution in [0.1, 0.15) is 35.5 Å². The van der Waals surface area contributed by atoms with Crippen LogP contribution in [0.2, 0.25) is 0 Å². The third-order valence-electron chi connectivity index (χ3n) is 3.93. The molecule has 3 rings (SSSR count). The summed E-state index contributed by atoms with van der Waals surface area (Å²) in [6.45, 7) is 5.43. The van der Waals surface area contributed by atoms with Gasteiger partial charge in [-0.1, -0.05) is 6.07 Å². The maximum atomic E-state index is 12.0. The molecule has 1 saturated heterocycles. The van der Waals surface area contributed by atoms with Gasteiger partial charge in [-0.2, -0.15) is 0 Å². The van der Waals surface area contributed by atoms with E-state index in [4.69, 9.17) is 21.4 Å². The number of esters is 1. The fraction of sp³-hybridized carbons (Fsp3) is 0.200. The fourth-order valence-electron chi connectivity index (χ4n) is 2.67. The molecule has 0 radical (unpaired) electrons. The summed E-state index contributed by atoms with van der Waals surface area (Å²) in [6, 6.07) is 8.53. The number of carbonyl (C=O) groups is 3. The second kappa shape index (κ2) is 7.77. The first-order chi connectivity index (χ1) is 13.2. The van der Waals surface area contributed by atoms with Crippen LogP contribution in [0.5, 0.6) is 0 Å². The van der Waals surface area contributed by atoms with Crippen molar-refractivity contribution in [2.75, 3.05) is 0 Å². The minimum absolute atomic E-state index is 0.0287. The van der Waals surface area contributed by atoms with Crippen molar-refractivity contribution in [3.8, 4) is 11.3 Å². The number of benzene rings is 1. The van der Waals surface area contributed by atoms with Crippen molar-refractivity contribution in [3.05, 3.63) is 52.8 Å². The molecule has 7 nitrogen and oxygen atoms in total. The highest BCUT2D eigenvalue weighted by molar-refractivity contribution is 7.80. The van der Waals surface area contributed by atoms with Crippen LogP contribution in [0, 0.1) is 6.92 Å². The molecule has 2 aromatic rings. The minimum Gasteiger partial charge on any atom is -0.459 e. The first-order valence-corrected chi connectivity index (χ1v) is 8.95. The van der Waals surface area contributed by atoms with Crippen LogP contribution in [-0.4, -0.2) is 29.0 Å². The first-order valence-electron chi connectivity index (χ1n) is 8.55. The van der Waals surface area contributed by atoms with Crippen LogP contribution in [-0.2, 0) is 14.3 Å². The number of ether oxygens (including phenoxy) is 1. The van der Waals surface area contributed by atoms with Gasteiger partial charge in [0.1, 0.15) is 17.1 Å². The highest BCUT2D eigenvalue weighted by atomic mass is 32.1. The van der Waals surface area contributed by atoms with Crippen LogP contribution in [0.15, 0.2) is 40.3 Å². The molecular formula is C20H18N2O5S. The topological polar surface area (TPSA) is 97.6 Å². The number of carbonyl (C=O) groups excluding carboxylic acids is 3. The quantitative estimate of drug-likeness (QED) is 0.356. The van der Waals surface area contributed by atoms with Gasteiger partial charge < -0.3 is 9.15 Å². The summed E-state index contributed by atoms with van der Waals surface area (Å²) in [7, 11) is 0. The van der Waals surface area contributed by atoms with Gasteiger partial charge in [-0.05, 0) is 68.9 Å². The number of rotatable bonds is 4. The molecule has 0 aliphatic carbocycles. The van der Waals surface area contributed by atoms with Crippen LogP contribution >= 0.6 is 12.2 Å². The normalized spacial score (nSPS) is 14.0. The van der Waals surface area contributed by atoms with E-state index in [0.29, 0.717) is 17.1 Å². The van der Waals surface area contributed by atoms with Crippen molar-refractivity contribution in [1.82, 2.24) is 10.6 Å². The summed E-state index contributed by atoms with van der Waals surface area (Å²) in [6.07, 6.45) is 1.15. The van der Waals surface area contributed by atoms with Gasteiger partial charge in [-0.3, -0.25) is 20.2 Å². The zero-order valence-corrected chi connectivity index (χ0v) is 16.3. The van der Waals surface area contributed by atoms with E-state index in [-0.39, 0.29) is 22.8 Å². The lowest BCUT2D eigenvalue weighted by Gasteiger charge is -2.15. The number of amides is 2. The van der Waals surface area contributed by atoms with Crippen molar-refractivity contribution in [2.45, 2.75) is 26.9 Å². The zero-order valence-electron chi connectivity index (χ0n) is 15.5. The molecule has 1 aromatic carbocycles. The Morgan fingerprint density at radius 3 is 2.43 bits per heavy atom. The van der Waals surface area contributed by atoms with E-state index in [1.807, 2.05) is 6.92 Å². The molecule has 2 heterocycles. The van der Waals surface area contributed by atoms with E-state index in [1.54, 1.807) is 44.2 Å². The minimum atomic E-state index is -0.587. The Morgan fingerprint density at radius 2 is 1.82 bits per heavy atom. The summed E-state index contributed by atoms with van der Waals surface area (Å²) in [5.74, 6) is -0.681. The fourth-order valence-corrected chi connectivity index (χ4v) is 2.86. The summed E-state index contributed by atoms with van der Waals surface area (Å²) in [5, 5.41) is 4.70. The van der Waals surface area contributed by atoms with Crippen LogP contribution in [0.3, 0.4) is 0 Å². The Balaban J connectivity index is 1.85. The maximum absolute atomic E-state index is 12.0. The standard InChI is InChI=1S/C20H18N2O5S/c1-10(2)26-19(25)12-4-6-14(11(3)8-12)16-7-5-13(27-16)9-15-17(23)21-20(28)22-18(15)24/h4-10H,1-3H3,(H2,21,22,23,24,28). The van der Waals surface area contributed by atoms with Crippen molar-refractivity contribution >= 4 is 41.2 Å². The van der Waals surface area contributed by atoms with Crippen molar-refractivity contribution < 1.29 is 23.5 Å². The molecule has 1 fully saturated rings. The molecular weight excluding hydrogens is 380 g/mol. The molecule has 2 N–H and O–H groups in total. The van der Waals surface area contributed by atoms with Gasteiger partial charge in [0.2, 0.25) is 0 Å². The number of hydrogen-bond donors (Lipinski definition) is 2. The Labute approximate surface area is 166 Å². The molecule has 2 amide bonds. The second-order valence-corrected chi connectivity index (χ2v) is 6.89. The molecule has 0 bridgehead atoms. The van der Waals surface area contributed by atoms with Crippen LogP contribution < -0.4 is 10.6 Å². The second-order valence-electron chi connectivity index (χ2n) is 6.48. The van der Waals surface area contributed by atoms with Gasteiger partial charge in [0, 0.05) is 5.56 Å². The Bertz CT molecular complexity index is 997. The van der Waals surface area contributed by atoms with Gasteiger partial charge in [0.05, 0.1) is 11.7 Å². The molecule has 28 heavy (non-hydrogen) atoms. The van der Waals surface area contributed by atoms with Crippen molar-refractivity contribution in [2.24, 2.45) is 0 Å². The SMILES string of the molecule is Cc1cc(C(=O)OC(C)C)ccc1-c1ccc(C=C2C(=O)NC(=S)NC2=O)o1. The summed E-state index contributed by atoms with van der Waals surface area (Å²) < 4.78 is 11.0. The molecule has 1 aromatic heterocycles. The largest absolute Gasteiger partial charge is 0.459 e. The van der Waals surface area contributed by atoms with Gasteiger partial charge in [-0.15, -0.1) is 0 Å². The van der Waals surface area contributed by atoms with E-state index in [2.05, 4.69) is 10.6 Å². The predicted molar refractivity (Wildman–Crippen MR) is 106 cm³/mol. The maximum Gasteiger partial charge on any atom is 0.338 e. The van der Waals surface area contributed by atoms with Crippen LogP contribution in [0.25, 0.3) is 17.4 Å². The molecule has 0 spiro atoms. The van der Waals surface area contributed by atoms with E-state index < -0.39 is 11.8 Å². The van der Waals surface area contributed by atoms with E-state index in [9.17, 15) is 14.4 Å². The number of hydrogen-bond acceptors (Lipinski definition) is 6. The molecule has 1 aliphatic heterocycles. The lowest BCUT2D eigenvalue weighted by molar-refractivity contribution is -0.123. The summed E-state index contributed by atoms with van der Waals surface area (Å²) in [5.41, 5.74) is 1.96. The number of furan rings is 1. The van der Waals surface area contributed by atoms with Crippen molar-refractivity contribution in [1.29, 1.82) is 0 Å². The third kappa shape index (κ3) is 4.17. The van der Waals surface area contributed by atoms with Gasteiger partial charge in [-0.25, -0.2) is 4.79 Å². The summed E-state index contributed by atoms with van der Waals surface area (Å²) >= 11 is 4.76. The van der Waals surface area contributed by atoms with Gasteiger partial charge in [0.15, 0.2) is 5.11 Å². The van der Waals surface area contributed by atoms with E-state index in [1.165, 1.54) is 6.08 Å². The number of nitrogens with one attached hydrogen (secondary N) is 2. The van der Waals surface area contributed by atoms with E-state index in [0.717, 1.165) is 11.1 Å². The van der Waals surface area contributed by atoms with Gasteiger partial charge in [0.25, 0.3) is 11.8 Å². The average molecular weight is 398 g/mol. The lowest BCUT2D eigenvalue weighted by atomic mass is 10.0. The zero-order chi connectivity index (χ0) is 20.4. The molecule has 8 heteroatoms. The first kappa shape index (κ1) is 19.5. The van der Waals surface area contributed by atoms with Crippen molar-refractivity contribution in [3.63, 3.8) is 0 Å². The number of aryl methyl sites for hydroxylation is 1. The average Bonchev–Trinajstić information content (AvgIpc) is 3.05. The predicted octanol–water partition coefficient (Wildman–Crippen LogP) is 2.73. The highest BCUT2D eigenvalue weighted by Crippen LogP contribution is 2.27. The molecule has 144 valence electrons. The highest BCUT2D eigenvalue weighted by Gasteiger charge is 2.26. The molecule has 0 unspecified atom stereocenters. The smallest absolute Gasteiger partial charge is 0.338 e. The lowest BCUT2D eigenvalue weighted by Crippen LogP contribution is -2.51. The third-order valence-corrected chi connectivity index (χ3v) is 4.13. The molecule has 0 saturated carbocycles. The van der Waals surface area contributed by atoms with Gasteiger partial charge >= 0.3 is 5.97 Å². The van der Waals surface area contributed by atoms with Crippen LogP contribution in [0.4, 0.5) is 0 Å². The molecule has 1 aliphatic rings. The Kier molecular flexibility index (Phi) is 5.41. The summed E-state index contributed by atoms with van der Waals surface area (Å²) in [4.78, 5) is 35.9. The Morgan fingerprint density at radius 1 is 1.14 bits per heavy atom. The monoisotopic (exact) mass is 398 g/mol. The Hall–Kier alpha value is -3.26. The van der Waals surface area contributed by atoms with E-state index >= 15 is 0 Å².